The lowest BCUT2D eigenvalue weighted by molar-refractivity contribution is -0.00629. The predicted molar refractivity (Wildman–Crippen MR) is 51.8 cm³/mol. The Morgan fingerprint density at radius 1 is 1.08 bits per heavy atom. The summed E-state index contributed by atoms with van der Waals surface area (Å²) in [6, 6.07) is 0.0685. The zero-order valence-electron chi connectivity index (χ0n) is 8.79. The van der Waals surface area contributed by atoms with Crippen LogP contribution in [-0.4, -0.2) is 45.7 Å². The van der Waals surface area contributed by atoms with E-state index in [9.17, 15) is 0 Å². The zero-order chi connectivity index (χ0) is 10.1. The molecule has 0 aromatic rings. The van der Waals surface area contributed by atoms with Gasteiger partial charge in [0.05, 0.1) is 32.5 Å². The highest BCUT2D eigenvalue weighted by atomic mass is 16.5. The summed E-state index contributed by atoms with van der Waals surface area (Å²) in [6.07, 6.45) is 0.0889. The average molecular weight is 191 g/mol. The van der Waals surface area contributed by atoms with E-state index in [1.165, 1.54) is 0 Å². The van der Waals surface area contributed by atoms with Crippen molar-refractivity contribution in [2.75, 3.05) is 33.5 Å². The van der Waals surface area contributed by atoms with Crippen molar-refractivity contribution in [3.8, 4) is 0 Å². The first kappa shape index (κ1) is 12.8. The SMILES string of the molecule is COCCOCCOC(C)[C@@H](C)N. The Hall–Kier alpha value is -0.160. The van der Waals surface area contributed by atoms with Crippen LogP contribution in [0.4, 0.5) is 0 Å². The van der Waals surface area contributed by atoms with Gasteiger partial charge in [-0.05, 0) is 13.8 Å². The molecule has 0 amide bonds. The van der Waals surface area contributed by atoms with Gasteiger partial charge < -0.3 is 19.9 Å². The quantitative estimate of drug-likeness (QED) is 0.564. The summed E-state index contributed by atoms with van der Waals surface area (Å²) in [4.78, 5) is 0. The predicted octanol–water partition coefficient (Wildman–Crippen LogP) is 0.402. The second kappa shape index (κ2) is 8.44. The van der Waals surface area contributed by atoms with Crippen molar-refractivity contribution >= 4 is 0 Å². The second-order valence-electron chi connectivity index (χ2n) is 3.04. The Morgan fingerprint density at radius 2 is 1.69 bits per heavy atom. The van der Waals surface area contributed by atoms with Gasteiger partial charge in [0.15, 0.2) is 0 Å². The summed E-state index contributed by atoms with van der Waals surface area (Å²) in [6.45, 7) is 6.32. The monoisotopic (exact) mass is 191 g/mol. The normalized spacial score (nSPS) is 15.7. The van der Waals surface area contributed by atoms with Crippen LogP contribution >= 0.6 is 0 Å². The highest BCUT2D eigenvalue weighted by molar-refractivity contribution is 4.61. The molecule has 0 aromatic carbocycles. The largest absolute Gasteiger partial charge is 0.382 e. The topological polar surface area (TPSA) is 53.7 Å². The minimum absolute atomic E-state index is 0.0685. The third-order valence-electron chi connectivity index (χ3n) is 1.78. The lowest BCUT2D eigenvalue weighted by atomic mass is 10.2. The molecule has 0 spiro atoms. The smallest absolute Gasteiger partial charge is 0.0704 e. The van der Waals surface area contributed by atoms with Crippen LogP contribution in [0, 0.1) is 0 Å². The molecular formula is C9H21NO3. The van der Waals surface area contributed by atoms with Crippen LogP contribution < -0.4 is 5.73 Å². The first-order valence-electron chi connectivity index (χ1n) is 4.62. The minimum Gasteiger partial charge on any atom is -0.382 e. The molecule has 0 rings (SSSR count). The van der Waals surface area contributed by atoms with Crippen LogP contribution in [0.15, 0.2) is 0 Å². The molecule has 2 N–H and O–H groups in total. The molecule has 4 heteroatoms. The second-order valence-corrected chi connectivity index (χ2v) is 3.04. The van der Waals surface area contributed by atoms with E-state index >= 15 is 0 Å². The molecule has 80 valence electrons. The van der Waals surface area contributed by atoms with Crippen molar-refractivity contribution in [3.05, 3.63) is 0 Å². The Morgan fingerprint density at radius 3 is 2.23 bits per heavy atom. The third-order valence-corrected chi connectivity index (χ3v) is 1.78. The van der Waals surface area contributed by atoms with Gasteiger partial charge in [0.1, 0.15) is 0 Å². The number of ether oxygens (including phenoxy) is 3. The van der Waals surface area contributed by atoms with Gasteiger partial charge in [-0.3, -0.25) is 0 Å². The van der Waals surface area contributed by atoms with Crippen LogP contribution in [0.1, 0.15) is 13.8 Å². The lowest BCUT2D eigenvalue weighted by Gasteiger charge is -2.16. The fourth-order valence-corrected chi connectivity index (χ4v) is 0.689. The number of nitrogens with two attached hydrogens (primary N) is 1. The Labute approximate surface area is 80.3 Å². The van der Waals surface area contributed by atoms with Crippen molar-refractivity contribution in [2.24, 2.45) is 5.73 Å². The molecule has 0 aliphatic heterocycles. The zero-order valence-corrected chi connectivity index (χ0v) is 8.79. The Balaban J connectivity index is 3.07. The molecule has 13 heavy (non-hydrogen) atoms. The van der Waals surface area contributed by atoms with E-state index < -0.39 is 0 Å². The fraction of sp³-hybridized carbons (Fsp3) is 1.00. The first-order valence-corrected chi connectivity index (χ1v) is 4.62. The molecule has 0 aliphatic rings. The van der Waals surface area contributed by atoms with Crippen molar-refractivity contribution in [2.45, 2.75) is 26.0 Å². The number of rotatable bonds is 8. The molecule has 0 bridgehead atoms. The van der Waals surface area contributed by atoms with E-state index in [2.05, 4.69) is 0 Å². The fourth-order valence-electron chi connectivity index (χ4n) is 0.689. The number of hydrogen-bond donors (Lipinski definition) is 1. The molecule has 0 saturated carbocycles. The highest BCUT2D eigenvalue weighted by Gasteiger charge is 2.06. The molecule has 0 heterocycles. The van der Waals surface area contributed by atoms with E-state index in [1.807, 2.05) is 13.8 Å². The maximum absolute atomic E-state index is 5.61. The van der Waals surface area contributed by atoms with Crippen molar-refractivity contribution in [3.63, 3.8) is 0 Å². The van der Waals surface area contributed by atoms with Crippen LogP contribution in [0.3, 0.4) is 0 Å². The van der Waals surface area contributed by atoms with Gasteiger partial charge in [-0.2, -0.15) is 0 Å². The van der Waals surface area contributed by atoms with E-state index in [-0.39, 0.29) is 12.1 Å². The van der Waals surface area contributed by atoms with E-state index in [1.54, 1.807) is 7.11 Å². The summed E-state index contributed by atoms with van der Waals surface area (Å²) in [7, 11) is 1.65. The molecule has 4 nitrogen and oxygen atoms in total. The number of hydrogen-bond acceptors (Lipinski definition) is 4. The molecule has 0 aliphatic carbocycles. The molecule has 1 unspecified atom stereocenters. The Kier molecular flexibility index (Phi) is 8.33. The van der Waals surface area contributed by atoms with Gasteiger partial charge in [-0.1, -0.05) is 0 Å². The average Bonchev–Trinajstić information content (AvgIpc) is 2.10. The van der Waals surface area contributed by atoms with Gasteiger partial charge in [0.2, 0.25) is 0 Å². The molecule has 0 fully saturated rings. The highest BCUT2D eigenvalue weighted by Crippen LogP contribution is 1.94. The number of methoxy groups -OCH3 is 1. The van der Waals surface area contributed by atoms with Crippen molar-refractivity contribution in [1.29, 1.82) is 0 Å². The molecule has 2 atom stereocenters. The molecule has 0 radical (unpaired) electrons. The standard InChI is InChI=1S/C9H21NO3/c1-8(10)9(2)13-7-6-12-5-4-11-3/h8-9H,4-7,10H2,1-3H3/t8-,9?/m1/s1. The summed E-state index contributed by atoms with van der Waals surface area (Å²) >= 11 is 0. The molecule has 0 saturated heterocycles. The van der Waals surface area contributed by atoms with Crippen LogP contribution in [0.25, 0.3) is 0 Å². The first-order chi connectivity index (χ1) is 6.18. The van der Waals surface area contributed by atoms with E-state index in [4.69, 9.17) is 19.9 Å². The molecular weight excluding hydrogens is 170 g/mol. The van der Waals surface area contributed by atoms with E-state index in [0.717, 1.165) is 0 Å². The maximum atomic E-state index is 5.61. The molecule has 0 aromatic heterocycles. The Bertz CT molecular complexity index is 109. The van der Waals surface area contributed by atoms with Crippen molar-refractivity contribution < 1.29 is 14.2 Å². The minimum atomic E-state index is 0.0685. The summed E-state index contributed by atoms with van der Waals surface area (Å²) in [5.74, 6) is 0. The van der Waals surface area contributed by atoms with Crippen LogP contribution in [0.5, 0.6) is 0 Å². The van der Waals surface area contributed by atoms with Crippen LogP contribution in [-0.2, 0) is 14.2 Å². The van der Waals surface area contributed by atoms with Crippen LogP contribution in [0.2, 0.25) is 0 Å². The summed E-state index contributed by atoms with van der Waals surface area (Å²) in [5, 5.41) is 0. The van der Waals surface area contributed by atoms with Crippen molar-refractivity contribution in [1.82, 2.24) is 0 Å². The van der Waals surface area contributed by atoms with Gasteiger partial charge >= 0.3 is 0 Å². The van der Waals surface area contributed by atoms with Gasteiger partial charge in [-0.15, -0.1) is 0 Å². The van der Waals surface area contributed by atoms with E-state index in [0.29, 0.717) is 26.4 Å². The third kappa shape index (κ3) is 8.18. The summed E-state index contributed by atoms with van der Waals surface area (Å²) in [5.41, 5.74) is 5.61. The van der Waals surface area contributed by atoms with Gasteiger partial charge in [0.25, 0.3) is 0 Å². The van der Waals surface area contributed by atoms with Gasteiger partial charge in [0, 0.05) is 13.2 Å². The lowest BCUT2D eigenvalue weighted by Crippen LogP contribution is -2.32. The summed E-state index contributed by atoms with van der Waals surface area (Å²) < 4.78 is 15.4. The van der Waals surface area contributed by atoms with Gasteiger partial charge in [-0.25, -0.2) is 0 Å². The maximum Gasteiger partial charge on any atom is 0.0704 e.